The van der Waals surface area contributed by atoms with Gasteiger partial charge in [-0.05, 0) is 0 Å². The largest absolute Gasteiger partial charge is 0.477 e. The van der Waals surface area contributed by atoms with E-state index in [0.29, 0.717) is 16.4 Å². The average molecular weight is 565 g/mol. The van der Waals surface area contributed by atoms with Gasteiger partial charge >= 0.3 is 5.97 Å². The first-order valence-electron chi connectivity index (χ1n) is 10.7. The highest BCUT2D eigenvalue weighted by atomic mass is 32.2. The molecule has 194 valence electrons. The molecule has 3 amide bonds. The molecule has 1 fully saturated rings. The Kier molecular flexibility index (Phi) is 7.99. The highest BCUT2D eigenvalue weighted by Gasteiger charge is 2.54. The van der Waals surface area contributed by atoms with Gasteiger partial charge in [-0.3, -0.25) is 19.3 Å². The predicted molar refractivity (Wildman–Crippen MR) is 136 cm³/mol. The Hall–Kier alpha value is -3.63. The Morgan fingerprint density at radius 1 is 1.38 bits per heavy atom. The minimum Gasteiger partial charge on any atom is -0.477 e. The van der Waals surface area contributed by atoms with Gasteiger partial charge in [-0.2, -0.15) is 4.57 Å². The number of β-lactam (4-membered cyclic amide) rings is 1. The molecule has 2 aliphatic rings. The lowest BCUT2D eigenvalue weighted by Gasteiger charge is -2.49. The summed E-state index contributed by atoms with van der Waals surface area (Å²) < 4.78 is 1.63. The van der Waals surface area contributed by atoms with Gasteiger partial charge in [0.2, 0.25) is 6.54 Å². The van der Waals surface area contributed by atoms with Crippen molar-refractivity contribution in [2.75, 3.05) is 24.3 Å². The lowest BCUT2D eigenvalue weighted by Crippen LogP contribution is -2.73. The van der Waals surface area contributed by atoms with Gasteiger partial charge in [0.05, 0.1) is 6.04 Å². The molecule has 4 heterocycles. The summed E-state index contributed by atoms with van der Waals surface area (Å²) in [6, 6.07) is 2.13. The topological polar surface area (TPSA) is 194 Å². The molecule has 13 nitrogen and oxygen atoms in total. The Labute approximate surface area is 222 Å². The lowest BCUT2D eigenvalue weighted by molar-refractivity contribution is -0.684. The first-order chi connectivity index (χ1) is 17.7. The van der Waals surface area contributed by atoms with Crippen molar-refractivity contribution in [3.05, 3.63) is 46.2 Å². The van der Waals surface area contributed by atoms with Crippen molar-refractivity contribution in [3.63, 3.8) is 0 Å². The number of aliphatic carboxylic acids is 1. The minimum atomic E-state index is -1.22. The summed E-state index contributed by atoms with van der Waals surface area (Å²) in [5.74, 6) is -2.17. The molecule has 2 unspecified atom stereocenters. The fraction of sp³-hybridized carbons (Fsp3) is 0.286. The maximum absolute atomic E-state index is 13.0. The molecule has 2 atom stereocenters. The number of primary amides is 1. The molecule has 2 aromatic rings. The number of aromatic nitrogens is 2. The van der Waals surface area contributed by atoms with E-state index in [1.54, 1.807) is 29.1 Å². The van der Waals surface area contributed by atoms with E-state index < -0.39 is 35.8 Å². The number of carbonyl (C=O) groups excluding carboxylic acids is 3. The van der Waals surface area contributed by atoms with Crippen LogP contribution in [0.3, 0.4) is 0 Å². The zero-order valence-electron chi connectivity index (χ0n) is 19.3. The Morgan fingerprint density at radius 2 is 2.11 bits per heavy atom. The molecule has 0 spiro atoms. The number of carboxylic acid groups (broad SMARTS) is 1. The van der Waals surface area contributed by atoms with E-state index in [0.717, 1.165) is 16.2 Å². The maximum atomic E-state index is 13.0. The Bertz CT molecular complexity index is 1310. The molecular formula is C21H22N7O6S3+. The molecule has 0 radical (unpaired) electrons. The summed E-state index contributed by atoms with van der Waals surface area (Å²) in [4.78, 5) is 60.4. The summed E-state index contributed by atoms with van der Waals surface area (Å²) in [5.41, 5.74) is 10.8. The second-order valence-corrected chi connectivity index (χ2v) is 10.8. The molecule has 0 bridgehead atoms. The van der Waals surface area contributed by atoms with Gasteiger partial charge in [0.1, 0.15) is 24.5 Å². The van der Waals surface area contributed by atoms with Crippen LogP contribution in [0.1, 0.15) is 5.69 Å². The summed E-state index contributed by atoms with van der Waals surface area (Å²) >= 11 is 3.85. The number of thiazole rings is 1. The molecule has 0 aromatic carbocycles. The molecule has 0 saturated carbocycles. The van der Waals surface area contributed by atoms with Crippen molar-refractivity contribution >= 4 is 69.4 Å². The number of hydrogen-bond acceptors (Lipinski definition) is 11. The van der Waals surface area contributed by atoms with Crippen LogP contribution in [0.2, 0.25) is 0 Å². The van der Waals surface area contributed by atoms with E-state index in [4.69, 9.17) is 16.3 Å². The van der Waals surface area contributed by atoms with Gasteiger partial charge in [-0.15, -0.1) is 34.9 Å². The van der Waals surface area contributed by atoms with Gasteiger partial charge in [0.25, 0.3) is 17.7 Å². The number of oxime groups is 1. The van der Waals surface area contributed by atoms with Crippen LogP contribution in [-0.2, 0) is 30.6 Å². The van der Waals surface area contributed by atoms with Crippen LogP contribution in [0, 0.1) is 0 Å². The molecule has 6 N–H and O–H groups in total. The number of pyridine rings is 1. The van der Waals surface area contributed by atoms with E-state index in [9.17, 15) is 24.3 Å². The highest BCUT2D eigenvalue weighted by molar-refractivity contribution is 8.06. The molecule has 1 saturated heterocycles. The third-order valence-electron chi connectivity index (χ3n) is 5.37. The second kappa shape index (κ2) is 11.2. The number of thioether (sulfide) groups is 2. The number of hydrogen-bond donors (Lipinski definition) is 4. The van der Waals surface area contributed by atoms with Gasteiger partial charge in [-0.1, -0.05) is 5.16 Å². The highest BCUT2D eigenvalue weighted by Crippen LogP contribution is 2.41. The first kappa shape index (κ1) is 26.4. The van der Waals surface area contributed by atoms with Gasteiger partial charge < -0.3 is 26.7 Å². The van der Waals surface area contributed by atoms with Crippen LogP contribution in [0.4, 0.5) is 5.13 Å². The van der Waals surface area contributed by atoms with E-state index in [2.05, 4.69) is 15.5 Å². The average Bonchev–Trinajstić information content (AvgIpc) is 3.29. The van der Waals surface area contributed by atoms with Crippen molar-refractivity contribution in [1.29, 1.82) is 0 Å². The number of anilines is 1. The van der Waals surface area contributed by atoms with Gasteiger partial charge in [-0.25, -0.2) is 9.78 Å². The summed E-state index contributed by atoms with van der Waals surface area (Å²) in [5, 5.41) is 18.0. The zero-order valence-corrected chi connectivity index (χ0v) is 21.8. The van der Waals surface area contributed by atoms with Crippen LogP contribution < -0.4 is 21.4 Å². The number of nitrogen functional groups attached to an aromatic ring is 1. The van der Waals surface area contributed by atoms with Gasteiger partial charge in [0.15, 0.2) is 23.2 Å². The van der Waals surface area contributed by atoms with Gasteiger partial charge in [0, 0.05) is 38.8 Å². The van der Waals surface area contributed by atoms with E-state index in [1.165, 1.54) is 40.9 Å². The number of nitrogens with two attached hydrogens (primary N) is 2. The predicted octanol–water partition coefficient (Wildman–Crippen LogP) is -0.620. The van der Waals surface area contributed by atoms with Crippen molar-refractivity contribution in [1.82, 2.24) is 15.2 Å². The third-order valence-corrected chi connectivity index (χ3v) is 8.46. The molecule has 16 heteroatoms. The lowest BCUT2D eigenvalue weighted by atomic mass is 9.94. The number of carboxylic acids is 1. The number of fused-ring (bicyclic) bond motifs is 1. The molecular weight excluding hydrogens is 542 g/mol. The van der Waals surface area contributed by atoms with Crippen molar-refractivity contribution in [3.8, 4) is 0 Å². The smallest absolute Gasteiger partial charge is 0.353 e. The number of rotatable bonds is 10. The van der Waals surface area contributed by atoms with E-state index >= 15 is 0 Å². The van der Waals surface area contributed by atoms with Crippen LogP contribution in [0.15, 0.2) is 50.6 Å². The standard InChI is InChI=1S/C21H21N7O6S3/c1-34-26-15(11-7-37-21(23)24-11)18(30)25-16-12-8-36-13(17(20(32)33)28(12)19(16)31)9-35-10-2-4-27(5-3-10)6-14(22)29/h2-5,7,12,16H,6,8-9H2,1H3,(H5-,22,23,24,25,29,30,32,33)/p+1/b26-15+. The molecule has 2 aromatic heterocycles. The number of nitrogens with zero attached hydrogens (tertiary/aromatic N) is 4. The zero-order chi connectivity index (χ0) is 26.7. The number of amides is 3. The van der Waals surface area contributed by atoms with Crippen LogP contribution in [-0.4, -0.2) is 75.1 Å². The van der Waals surface area contributed by atoms with Crippen molar-refractivity contribution in [2.45, 2.75) is 23.5 Å². The molecule has 4 rings (SSSR count). The number of nitrogens with one attached hydrogen (secondary N) is 1. The second-order valence-electron chi connectivity index (χ2n) is 7.77. The quantitative estimate of drug-likeness (QED) is 0.0949. The molecule has 37 heavy (non-hydrogen) atoms. The monoisotopic (exact) mass is 564 g/mol. The SMILES string of the molecule is CO/N=C(/C(=O)NC1C(=O)N2C(C(=O)O)=C(CSc3cc[n+](CC(N)=O)cc3)SCC12)c1csc(N)n1. The van der Waals surface area contributed by atoms with Crippen molar-refractivity contribution < 1.29 is 33.7 Å². The van der Waals surface area contributed by atoms with Crippen LogP contribution in [0.5, 0.6) is 0 Å². The fourth-order valence-electron chi connectivity index (χ4n) is 3.75. The Balaban J connectivity index is 1.45. The molecule has 0 aliphatic carbocycles. The van der Waals surface area contributed by atoms with Crippen molar-refractivity contribution in [2.24, 2.45) is 10.9 Å². The minimum absolute atomic E-state index is 0.0575. The maximum Gasteiger partial charge on any atom is 0.353 e. The number of carbonyl (C=O) groups is 4. The summed E-state index contributed by atoms with van der Waals surface area (Å²) in [6.07, 6.45) is 3.41. The van der Waals surface area contributed by atoms with E-state index in [1.807, 2.05) is 0 Å². The summed E-state index contributed by atoms with van der Waals surface area (Å²) in [7, 11) is 1.27. The Morgan fingerprint density at radius 3 is 2.70 bits per heavy atom. The first-order valence-corrected chi connectivity index (χ1v) is 13.5. The van der Waals surface area contributed by atoms with Crippen LogP contribution in [0.25, 0.3) is 0 Å². The van der Waals surface area contributed by atoms with E-state index in [-0.39, 0.29) is 28.8 Å². The fourth-order valence-corrected chi connectivity index (χ4v) is 6.59. The third kappa shape index (κ3) is 5.70. The normalized spacial score (nSPS) is 19.2. The van der Waals surface area contributed by atoms with Crippen LogP contribution >= 0.6 is 34.9 Å². The molecule has 2 aliphatic heterocycles. The summed E-state index contributed by atoms with van der Waals surface area (Å²) in [6.45, 7) is 0.0575.